The third kappa shape index (κ3) is 3.98. The van der Waals surface area contributed by atoms with Gasteiger partial charge >= 0.3 is 5.69 Å². The lowest BCUT2D eigenvalue weighted by molar-refractivity contribution is 0.0783. The van der Waals surface area contributed by atoms with E-state index in [0.717, 1.165) is 4.57 Å². The zero-order valence-electron chi connectivity index (χ0n) is 16.9. The Morgan fingerprint density at radius 2 is 1.84 bits per heavy atom. The van der Waals surface area contributed by atoms with Gasteiger partial charge in [0.25, 0.3) is 17.4 Å². The van der Waals surface area contributed by atoms with Crippen LogP contribution in [0.2, 0.25) is 0 Å². The molecule has 1 fully saturated rings. The number of carbonyl (C=O) groups is 2. The van der Waals surface area contributed by atoms with Crippen molar-refractivity contribution in [1.82, 2.24) is 19.8 Å². The number of aromatic amines is 1. The Labute approximate surface area is 176 Å². The number of amides is 2. The van der Waals surface area contributed by atoms with Gasteiger partial charge in [-0.15, -0.1) is 0 Å². The molecule has 2 aromatic carbocycles. The topological polar surface area (TPSA) is 104 Å². The van der Waals surface area contributed by atoms with E-state index in [9.17, 15) is 23.6 Å². The second-order valence-electron chi connectivity index (χ2n) is 7.46. The number of benzene rings is 2. The fourth-order valence-electron chi connectivity index (χ4n) is 3.79. The van der Waals surface area contributed by atoms with E-state index < -0.39 is 17.1 Å². The normalized spacial score (nSPS) is 15.9. The van der Waals surface area contributed by atoms with Crippen LogP contribution in [0.4, 0.5) is 4.39 Å². The van der Waals surface area contributed by atoms with Crippen LogP contribution in [0, 0.1) is 5.82 Å². The predicted octanol–water partition coefficient (Wildman–Crippen LogP) is 1.49. The summed E-state index contributed by atoms with van der Waals surface area (Å²) in [6.45, 7) is 2.77. The number of aromatic nitrogens is 2. The fraction of sp³-hybridized carbons (Fsp3) is 0.273. The molecule has 0 spiro atoms. The highest BCUT2D eigenvalue weighted by Crippen LogP contribution is 2.16. The van der Waals surface area contributed by atoms with E-state index in [0.29, 0.717) is 41.5 Å². The molecule has 3 aromatic rings. The number of hydrogen-bond donors (Lipinski definition) is 2. The van der Waals surface area contributed by atoms with E-state index in [-0.39, 0.29) is 24.4 Å². The Hall–Kier alpha value is -3.75. The highest BCUT2D eigenvalue weighted by molar-refractivity contribution is 5.98. The average molecular weight is 424 g/mol. The van der Waals surface area contributed by atoms with E-state index in [2.05, 4.69) is 10.3 Å². The molecular weight excluding hydrogens is 403 g/mol. The van der Waals surface area contributed by atoms with Gasteiger partial charge in [0.1, 0.15) is 5.82 Å². The number of likely N-dealkylation sites (tertiary alicyclic amines) is 1. The maximum atomic E-state index is 13.1. The van der Waals surface area contributed by atoms with Gasteiger partial charge in [0, 0.05) is 36.8 Å². The minimum Gasteiger partial charge on any atom is -0.347 e. The molecule has 0 saturated carbocycles. The molecular formula is C22H21FN4O4. The molecule has 0 aliphatic carbocycles. The molecule has 0 bridgehead atoms. The van der Waals surface area contributed by atoms with Crippen molar-refractivity contribution < 1.29 is 14.0 Å². The summed E-state index contributed by atoms with van der Waals surface area (Å²) in [6.07, 6.45) is 0.588. The van der Waals surface area contributed by atoms with E-state index in [1.54, 1.807) is 11.8 Å². The van der Waals surface area contributed by atoms with Crippen molar-refractivity contribution in [3.05, 3.63) is 80.2 Å². The Kier molecular flexibility index (Phi) is 5.41. The summed E-state index contributed by atoms with van der Waals surface area (Å²) in [5, 5.41) is 3.22. The Morgan fingerprint density at radius 3 is 2.55 bits per heavy atom. The van der Waals surface area contributed by atoms with Crippen LogP contribution in [0.5, 0.6) is 0 Å². The first-order chi connectivity index (χ1) is 14.9. The molecule has 1 saturated heterocycles. The van der Waals surface area contributed by atoms with Gasteiger partial charge < -0.3 is 15.2 Å². The molecule has 160 valence electrons. The van der Waals surface area contributed by atoms with Crippen LogP contribution in [0.3, 0.4) is 0 Å². The van der Waals surface area contributed by atoms with Crippen molar-refractivity contribution >= 4 is 22.7 Å². The molecule has 31 heavy (non-hydrogen) atoms. The minimum absolute atomic E-state index is 0.216. The van der Waals surface area contributed by atoms with Gasteiger partial charge in [0.05, 0.1) is 10.9 Å². The van der Waals surface area contributed by atoms with Gasteiger partial charge in [-0.25, -0.2) is 9.18 Å². The molecule has 0 unspecified atom stereocenters. The van der Waals surface area contributed by atoms with Crippen LogP contribution in [0.1, 0.15) is 34.1 Å². The summed E-state index contributed by atoms with van der Waals surface area (Å²) in [7, 11) is 0. The smallest absolute Gasteiger partial charge is 0.328 e. The summed E-state index contributed by atoms with van der Waals surface area (Å²) in [4.78, 5) is 53.9. The zero-order chi connectivity index (χ0) is 22.1. The van der Waals surface area contributed by atoms with Crippen molar-refractivity contribution in [3.63, 3.8) is 0 Å². The molecule has 2 heterocycles. The van der Waals surface area contributed by atoms with Gasteiger partial charge in [-0.1, -0.05) is 0 Å². The second-order valence-corrected chi connectivity index (χ2v) is 7.46. The molecule has 1 aliphatic rings. The maximum absolute atomic E-state index is 13.1. The van der Waals surface area contributed by atoms with Crippen LogP contribution >= 0.6 is 0 Å². The zero-order valence-corrected chi connectivity index (χ0v) is 16.9. The Morgan fingerprint density at radius 1 is 1.13 bits per heavy atom. The largest absolute Gasteiger partial charge is 0.347 e. The van der Waals surface area contributed by atoms with E-state index in [4.69, 9.17) is 0 Å². The third-order valence-electron chi connectivity index (χ3n) is 5.46. The number of nitrogens with zero attached hydrogens (tertiary/aromatic N) is 2. The van der Waals surface area contributed by atoms with Crippen LogP contribution in [0.25, 0.3) is 10.9 Å². The summed E-state index contributed by atoms with van der Waals surface area (Å²) in [5.41, 5.74) is 0.0684. The number of hydrogen-bond acceptors (Lipinski definition) is 4. The second kappa shape index (κ2) is 8.17. The number of halogens is 1. The predicted molar refractivity (Wildman–Crippen MR) is 113 cm³/mol. The van der Waals surface area contributed by atoms with Gasteiger partial charge in [-0.05, 0) is 55.8 Å². The molecule has 9 heteroatoms. The van der Waals surface area contributed by atoms with Crippen LogP contribution in [-0.4, -0.2) is 45.4 Å². The SMILES string of the molecule is CCn1c(=O)[nH]c2cc(C(=O)N[C@H]3CCN(C(=O)c4ccc(F)cc4)C3)ccc2c1=O. The standard InChI is InChI=1S/C22H21FN4O4/c1-2-27-21(30)17-8-5-14(11-18(17)25-22(27)31)19(28)24-16-9-10-26(12-16)20(29)13-3-6-15(23)7-4-13/h3-8,11,16H,2,9-10,12H2,1H3,(H,24,28)(H,25,31)/t16-/m0/s1. The van der Waals surface area contributed by atoms with Crippen LogP contribution in [0.15, 0.2) is 52.1 Å². The molecule has 1 aromatic heterocycles. The van der Waals surface area contributed by atoms with Crippen molar-refractivity contribution in [3.8, 4) is 0 Å². The first-order valence-corrected chi connectivity index (χ1v) is 10.00. The quantitative estimate of drug-likeness (QED) is 0.662. The molecule has 1 aliphatic heterocycles. The fourth-order valence-corrected chi connectivity index (χ4v) is 3.79. The summed E-state index contributed by atoms with van der Waals surface area (Å²) < 4.78 is 14.2. The average Bonchev–Trinajstić information content (AvgIpc) is 3.22. The van der Waals surface area contributed by atoms with Crippen molar-refractivity contribution in [2.45, 2.75) is 25.9 Å². The highest BCUT2D eigenvalue weighted by atomic mass is 19.1. The summed E-state index contributed by atoms with van der Waals surface area (Å²) >= 11 is 0. The third-order valence-corrected chi connectivity index (χ3v) is 5.46. The lowest BCUT2D eigenvalue weighted by Crippen LogP contribution is -2.38. The van der Waals surface area contributed by atoms with E-state index in [1.807, 2.05) is 0 Å². The Bertz CT molecular complexity index is 1280. The Balaban J connectivity index is 1.47. The van der Waals surface area contributed by atoms with Crippen molar-refractivity contribution in [1.29, 1.82) is 0 Å². The first kappa shape index (κ1) is 20.5. The number of nitrogens with one attached hydrogen (secondary N) is 2. The van der Waals surface area contributed by atoms with Gasteiger partial charge in [-0.2, -0.15) is 0 Å². The maximum Gasteiger partial charge on any atom is 0.328 e. The molecule has 8 nitrogen and oxygen atoms in total. The number of carbonyl (C=O) groups excluding carboxylic acids is 2. The molecule has 1 atom stereocenters. The van der Waals surface area contributed by atoms with Gasteiger partial charge in [0.15, 0.2) is 0 Å². The summed E-state index contributed by atoms with van der Waals surface area (Å²) in [5.74, 6) is -0.982. The van der Waals surface area contributed by atoms with Gasteiger partial charge in [0.2, 0.25) is 0 Å². The minimum atomic E-state index is -0.525. The summed E-state index contributed by atoms with van der Waals surface area (Å²) in [6, 6.07) is 9.65. The lowest BCUT2D eigenvalue weighted by atomic mass is 10.1. The molecule has 2 N–H and O–H groups in total. The number of H-pyrrole nitrogens is 1. The molecule has 0 radical (unpaired) electrons. The van der Waals surface area contributed by atoms with Crippen molar-refractivity contribution in [2.75, 3.05) is 13.1 Å². The van der Waals surface area contributed by atoms with E-state index in [1.165, 1.54) is 42.5 Å². The number of fused-ring (bicyclic) bond motifs is 1. The molecule has 2 amide bonds. The van der Waals surface area contributed by atoms with Crippen LogP contribution < -0.4 is 16.6 Å². The highest BCUT2D eigenvalue weighted by Gasteiger charge is 2.28. The lowest BCUT2D eigenvalue weighted by Gasteiger charge is -2.17. The van der Waals surface area contributed by atoms with Gasteiger partial charge in [-0.3, -0.25) is 19.0 Å². The van der Waals surface area contributed by atoms with Crippen molar-refractivity contribution in [2.24, 2.45) is 0 Å². The monoisotopic (exact) mass is 424 g/mol. The van der Waals surface area contributed by atoms with Crippen LogP contribution in [-0.2, 0) is 6.54 Å². The molecule has 4 rings (SSSR count). The first-order valence-electron chi connectivity index (χ1n) is 10.00. The number of rotatable bonds is 4. The van der Waals surface area contributed by atoms with E-state index >= 15 is 0 Å².